The second-order valence-corrected chi connectivity index (χ2v) is 4.82. The van der Waals surface area contributed by atoms with Gasteiger partial charge in [-0.25, -0.2) is 0 Å². The van der Waals surface area contributed by atoms with Gasteiger partial charge in [-0.3, -0.25) is 9.59 Å². The Hall–Kier alpha value is -1.90. The maximum atomic E-state index is 10.5. The Labute approximate surface area is 126 Å². The Morgan fingerprint density at radius 1 is 0.750 bits per heavy atom. The van der Waals surface area contributed by atoms with Crippen LogP contribution in [0.2, 0.25) is 10.0 Å². The Bertz CT molecular complexity index is 631. The number of halogens is 2. The van der Waals surface area contributed by atoms with Gasteiger partial charge in [-0.1, -0.05) is 59.6 Å². The fourth-order valence-electron chi connectivity index (χ4n) is 1.63. The first-order valence-electron chi connectivity index (χ1n) is 5.67. The lowest BCUT2D eigenvalue weighted by Crippen LogP contribution is -1.84. The molecule has 0 aliphatic rings. The van der Waals surface area contributed by atoms with Crippen molar-refractivity contribution < 1.29 is 9.59 Å². The second-order valence-electron chi connectivity index (χ2n) is 4.01. The topological polar surface area (TPSA) is 34.1 Å². The Balaban J connectivity index is 2.29. The molecular formula is C16H8Cl2O2. The zero-order valence-electron chi connectivity index (χ0n) is 10.2. The minimum atomic E-state index is 0.399. The summed E-state index contributed by atoms with van der Waals surface area (Å²) in [7, 11) is 0. The Morgan fingerprint density at radius 2 is 1.15 bits per heavy atom. The average Bonchev–Trinajstić information content (AvgIpc) is 2.46. The first-order chi connectivity index (χ1) is 9.63. The van der Waals surface area contributed by atoms with Gasteiger partial charge in [-0.15, -0.1) is 0 Å². The van der Waals surface area contributed by atoms with Crippen LogP contribution in [0, 0.1) is 0 Å². The summed E-state index contributed by atoms with van der Waals surface area (Å²) in [6.45, 7) is 0. The van der Waals surface area contributed by atoms with Gasteiger partial charge in [0.05, 0.1) is 0 Å². The van der Waals surface area contributed by atoms with Crippen LogP contribution in [0.3, 0.4) is 0 Å². The van der Waals surface area contributed by atoms with Gasteiger partial charge in [0, 0.05) is 21.2 Å². The highest BCUT2D eigenvalue weighted by molar-refractivity contribution is 6.33. The largest absolute Gasteiger partial charge is 0.285 e. The molecule has 2 nitrogen and oxygen atoms in total. The number of hydrogen-bond donors (Lipinski definition) is 0. The molecule has 0 amide bonds. The molecule has 0 fully saturated rings. The Morgan fingerprint density at radius 3 is 1.45 bits per heavy atom. The van der Waals surface area contributed by atoms with E-state index in [4.69, 9.17) is 23.2 Å². The van der Waals surface area contributed by atoms with Gasteiger partial charge in [-0.05, 0) is 23.3 Å². The van der Waals surface area contributed by atoms with E-state index >= 15 is 0 Å². The van der Waals surface area contributed by atoms with Crippen LogP contribution in [-0.4, -0.2) is 12.6 Å². The maximum absolute atomic E-state index is 10.5. The van der Waals surface area contributed by atoms with Crippen molar-refractivity contribution in [1.82, 2.24) is 0 Å². The van der Waals surface area contributed by atoms with Gasteiger partial charge in [0.15, 0.2) is 0 Å². The van der Waals surface area contributed by atoms with E-state index in [2.05, 4.69) is 0 Å². The average molecular weight is 303 g/mol. The molecule has 0 unspecified atom stereocenters. The third kappa shape index (κ3) is 3.35. The quantitative estimate of drug-likeness (QED) is 0.798. The van der Waals surface area contributed by atoms with E-state index in [-0.39, 0.29) is 0 Å². The highest BCUT2D eigenvalue weighted by atomic mass is 35.5. The lowest BCUT2D eigenvalue weighted by molar-refractivity contribution is 0.562. The SMILES string of the molecule is O=[C]c1ccc(/C=C/c2ccc([C]=O)cc2Cl)c(Cl)c1. The molecule has 0 heterocycles. The molecule has 0 saturated carbocycles. The summed E-state index contributed by atoms with van der Waals surface area (Å²) in [6.07, 6.45) is 7.11. The van der Waals surface area contributed by atoms with Crippen LogP contribution in [0.4, 0.5) is 0 Å². The van der Waals surface area contributed by atoms with Gasteiger partial charge in [0.25, 0.3) is 0 Å². The molecule has 0 aliphatic carbocycles. The van der Waals surface area contributed by atoms with Crippen molar-refractivity contribution in [3.05, 3.63) is 68.7 Å². The Kier molecular flexibility index (Phi) is 4.72. The molecule has 0 aliphatic heterocycles. The first-order valence-corrected chi connectivity index (χ1v) is 6.43. The summed E-state index contributed by atoms with van der Waals surface area (Å²) < 4.78 is 0. The standard InChI is InChI=1S/C16H8Cl2O2/c17-15-7-11(9-19)1-3-13(15)5-6-14-4-2-12(10-20)8-16(14)18/h1-8H/b6-5+. The molecule has 0 bridgehead atoms. The van der Waals surface area contributed by atoms with Crippen LogP contribution >= 0.6 is 23.2 Å². The van der Waals surface area contributed by atoms with E-state index in [0.717, 1.165) is 11.1 Å². The molecule has 4 heteroatoms. The second kappa shape index (κ2) is 6.51. The van der Waals surface area contributed by atoms with Crippen molar-refractivity contribution in [1.29, 1.82) is 0 Å². The first kappa shape index (κ1) is 14.5. The molecule has 0 saturated heterocycles. The molecule has 2 radical (unpaired) electrons. The van der Waals surface area contributed by atoms with Gasteiger partial charge in [0.2, 0.25) is 12.6 Å². The summed E-state index contributed by atoms with van der Waals surface area (Å²) in [5.41, 5.74) is 2.31. The predicted molar refractivity (Wildman–Crippen MR) is 81.4 cm³/mol. The summed E-state index contributed by atoms with van der Waals surface area (Å²) in [5, 5.41) is 0.909. The highest BCUT2D eigenvalue weighted by Crippen LogP contribution is 2.23. The van der Waals surface area contributed by atoms with Crippen LogP contribution in [0.15, 0.2) is 36.4 Å². The van der Waals surface area contributed by atoms with Crippen LogP contribution in [-0.2, 0) is 9.59 Å². The molecule has 2 aromatic rings. The molecule has 2 rings (SSSR count). The van der Waals surface area contributed by atoms with Gasteiger partial charge in [-0.2, -0.15) is 0 Å². The van der Waals surface area contributed by atoms with Crippen molar-refractivity contribution in [3.63, 3.8) is 0 Å². The summed E-state index contributed by atoms with van der Waals surface area (Å²) in [5.74, 6) is 0. The highest BCUT2D eigenvalue weighted by Gasteiger charge is 2.01. The van der Waals surface area contributed by atoms with Gasteiger partial charge in [0.1, 0.15) is 0 Å². The molecule has 0 N–H and O–H groups in total. The van der Waals surface area contributed by atoms with Gasteiger partial charge < -0.3 is 0 Å². The molecule has 98 valence electrons. The van der Waals surface area contributed by atoms with Crippen molar-refractivity contribution in [2.24, 2.45) is 0 Å². The number of benzene rings is 2. The lowest BCUT2D eigenvalue weighted by Gasteiger charge is -2.01. The predicted octanol–water partition coefficient (Wildman–Crippen LogP) is 4.08. The molecule has 2 aromatic carbocycles. The molecule has 0 spiro atoms. The lowest BCUT2D eigenvalue weighted by atomic mass is 10.1. The smallest absolute Gasteiger partial charge is 0.233 e. The van der Waals surface area contributed by atoms with E-state index in [1.54, 1.807) is 61.1 Å². The van der Waals surface area contributed by atoms with Crippen molar-refractivity contribution in [3.8, 4) is 0 Å². The third-order valence-corrected chi connectivity index (χ3v) is 3.33. The molecular weight excluding hydrogens is 295 g/mol. The zero-order chi connectivity index (χ0) is 14.5. The fraction of sp³-hybridized carbons (Fsp3) is 0. The van der Waals surface area contributed by atoms with E-state index < -0.39 is 0 Å². The fourth-order valence-corrected chi connectivity index (χ4v) is 2.12. The summed E-state index contributed by atoms with van der Waals surface area (Å²) in [4.78, 5) is 21.0. The van der Waals surface area contributed by atoms with Crippen LogP contribution in [0.1, 0.15) is 22.3 Å². The van der Waals surface area contributed by atoms with E-state index in [9.17, 15) is 9.59 Å². The maximum Gasteiger partial charge on any atom is 0.233 e. The minimum absolute atomic E-state index is 0.399. The number of rotatable bonds is 4. The van der Waals surface area contributed by atoms with E-state index in [1.165, 1.54) is 0 Å². The number of carbonyl (C=O) groups excluding carboxylic acids is 2. The molecule has 0 atom stereocenters. The molecule has 0 aromatic heterocycles. The normalized spacial score (nSPS) is 10.7. The van der Waals surface area contributed by atoms with E-state index in [0.29, 0.717) is 21.2 Å². The van der Waals surface area contributed by atoms with E-state index in [1.807, 2.05) is 0 Å². The van der Waals surface area contributed by atoms with Crippen LogP contribution < -0.4 is 0 Å². The summed E-state index contributed by atoms with van der Waals surface area (Å²) in [6, 6.07) is 9.79. The van der Waals surface area contributed by atoms with Crippen molar-refractivity contribution in [2.75, 3.05) is 0 Å². The van der Waals surface area contributed by atoms with Crippen LogP contribution in [0.5, 0.6) is 0 Å². The zero-order valence-corrected chi connectivity index (χ0v) is 11.7. The van der Waals surface area contributed by atoms with Crippen molar-refractivity contribution >= 4 is 47.9 Å². The van der Waals surface area contributed by atoms with Gasteiger partial charge >= 0.3 is 0 Å². The monoisotopic (exact) mass is 302 g/mol. The molecule has 20 heavy (non-hydrogen) atoms. The van der Waals surface area contributed by atoms with Crippen LogP contribution in [0.25, 0.3) is 12.2 Å². The third-order valence-electron chi connectivity index (χ3n) is 2.68. The number of hydrogen-bond acceptors (Lipinski definition) is 2. The van der Waals surface area contributed by atoms with Crippen molar-refractivity contribution in [2.45, 2.75) is 0 Å². The summed E-state index contributed by atoms with van der Waals surface area (Å²) >= 11 is 12.1. The minimum Gasteiger partial charge on any atom is -0.285 e.